The molecule has 2 aromatic carbocycles. The third kappa shape index (κ3) is 2.26. The Labute approximate surface area is 121 Å². The SMILES string of the molecule is Cc1ccc(C)c(C(NN)C2CCc3ccccc32)c1. The van der Waals surface area contributed by atoms with Crippen molar-refractivity contribution in [3.63, 3.8) is 0 Å². The summed E-state index contributed by atoms with van der Waals surface area (Å²) in [6.07, 6.45) is 2.32. The Morgan fingerprint density at radius 2 is 1.95 bits per heavy atom. The normalized spacial score (nSPS) is 18.9. The third-order valence-corrected chi connectivity index (χ3v) is 4.53. The molecule has 0 aliphatic heterocycles. The molecule has 0 amide bonds. The molecule has 104 valence electrons. The van der Waals surface area contributed by atoms with Crippen LogP contribution in [0.5, 0.6) is 0 Å². The average molecular weight is 266 g/mol. The quantitative estimate of drug-likeness (QED) is 0.659. The van der Waals surface area contributed by atoms with Crippen LogP contribution in [-0.4, -0.2) is 0 Å². The van der Waals surface area contributed by atoms with Gasteiger partial charge in [-0.2, -0.15) is 0 Å². The van der Waals surface area contributed by atoms with Crippen molar-refractivity contribution in [2.24, 2.45) is 5.84 Å². The van der Waals surface area contributed by atoms with E-state index in [1.54, 1.807) is 0 Å². The fourth-order valence-electron chi connectivity index (χ4n) is 3.45. The molecule has 0 radical (unpaired) electrons. The first-order valence-corrected chi connectivity index (χ1v) is 7.32. The van der Waals surface area contributed by atoms with Crippen molar-refractivity contribution in [2.45, 2.75) is 38.6 Å². The second-order valence-corrected chi connectivity index (χ2v) is 5.85. The lowest BCUT2D eigenvalue weighted by Gasteiger charge is -2.26. The molecule has 0 saturated carbocycles. The van der Waals surface area contributed by atoms with Crippen LogP contribution < -0.4 is 11.3 Å². The molecule has 2 heteroatoms. The van der Waals surface area contributed by atoms with Crippen molar-refractivity contribution in [3.8, 4) is 0 Å². The number of aryl methyl sites for hydroxylation is 3. The zero-order chi connectivity index (χ0) is 14.1. The molecule has 3 N–H and O–H groups in total. The third-order valence-electron chi connectivity index (χ3n) is 4.53. The highest BCUT2D eigenvalue weighted by Gasteiger charge is 2.30. The van der Waals surface area contributed by atoms with Gasteiger partial charge in [-0.25, -0.2) is 0 Å². The van der Waals surface area contributed by atoms with Gasteiger partial charge in [-0.3, -0.25) is 11.3 Å². The molecule has 3 rings (SSSR count). The minimum atomic E-state index is 0.193. The molecule has 0 aromatic heterocycles. The number of hydrogen-bond acceptors (Lipinski definition) is 2. The summed E-state index contributed by atoms with van der Waals surface area (Å²) in [5.41, 5.74) is 9.92. The average Bonchev–Trinajstić information content (AvgIpc) is 2.88. The lowest BCUT2D eigenvalue weighted by atomic mass is 9.86. The molecule has 0 bridgehead atoms. The predicted octanol–water partition coefficient (Wildman–Crippen LogP) is 3.54. The fourth-order valence-corrected chi connectivity index (χ4v) is 3.45. The molecule has 0 heterocycles. The van der Waals surface area contributed by atoms with Crippen LogP contribution in [0.1, 0.15) is 46.2 Å². The van der Waals surface area contributed by atoms with E-state index in [9.17, 15) is 0 Å². The number of rotatable bonds is 3. The monoisotopic (exact) mass is 266 g/mol. The van der Waals surface area contributed by atoms with Gasteiger partial charge in [0.15, 0.2) is 0 Å². The molecule has 20 heavy (non-hydrogen) atoms. The van der Waals surface area contributed by atoms with E-state index in [-0.39, 0.29) is 6.04 Å². The molecule has 2 atom stereocenters. The molecule has 0 fully saturated rings. The van der Waals surface area contributed by atoms with E-state index in [1.807, 2.05) is 0 Å². The van der Waals surface area contributed by atoms with E-state index in [2.05, 4.69) is 61.7 Å². The van der Waals surface area contributed by atoms with Gasteiger partial charge in [0, 0.05) is 5.92 Å². The Morgan fingerprint density at radius 3 is 2.75 bits per heavy atom. The number of hydrogen-bond donors (Lipinski definition) is 2. The van der Waals surface area contributed by atoms with Crippen molar-refractivity contribution in [3.05, 3.63) is 70.3 Å². The van der Waals surface area contributed by atoms with Crippen LogP contribution in [0.2, 0.25) is 0 Å². The van der Waals surface area contributed by atoms with Crippen LogP contribution in [0.15, 0.2) is 42.5 Å². The van der Waals surface area contributed by atoms with Crippen molar-refractivity contribution in [2.75, 3.05) is 0 Å². The lowest BCUT2D eigenvalue weighted by molar-refractivity contribution is 0.451. The predicted molar refractivity (Wildman–Crippen MR) is 83.5 cm³/mol. The molecular formula is C18H22N2. The summed E-state index contributed by atoms with van der Waals surface area (Å²) < 4.78 is 0. The first-order valence-electron chi connectivity index (χ1n) is 7.32. The minimum absolute atomic E-state index is 0.193. The topological polar surface area (TPSA) is 38.0 Å². The summed E-state index contributed by atoms with van der Waals surface area (Å²) in [4.78, 5) is 0. The number of fused-ring (bicyclic) bond motifs is 1. The summed E-state index contributed by atoms with van der Waals surface area (Å²) in [7, 11) is 0. The van der Waals surface area contributed by atoms with Gasteiger partial charge in [0.2, 0.25) is 0 Å². The fraction of sp³-hybridized carbons (Fsp3) is 0.333. The maximum atomic E-state index is 5.91. The van der Waals surface area contributed by atoms with E-state index in [0.717, 1.165) is 6.42 Å². The van der Waals surface area contributed by atoms with Gasteiger partial charge < -0.3 is 0 Å². The zero-order valence-electron chi connectivity index (χ0n) is 12.2. The largest absolute Gasteiger partial charge is 0.271 e. The summed E-state index contributed by atoms with van der Waals surface area (Å²) in [6.45, 7) is 4.30. The highest BCUT2D eigenvalue weighted by Crippen LogP contribution is 2.42. The van der Waals surface area contributed by atoms with Crippen LogP contribution in [0.3, 0.4) is 0 Å². The lowest BCUT2D eigenvalue weighted by Crippen LogP contribution is -2.32. The molecule has 1 aliphatic rings. The smallest absolute Gasteiger partial charge is 0.0531 e. The second kappa shape index (κ2) is 5.39. The Hall–Kier alpha value is -1.64. The zero-order valence-corrected chi connectivity index (χ0v) is 12.2. The molecule has 0 spiro atoms. The number of nitrogens with one attached hydrogen (secondary N) is 1. The van der Waals surface area contributed by atoms with Crippen LogP contribution >= 0.6 is 0 Å². The van der Waals surface area contributed by atoms with Gasteiger partial charge in [0.1, 0.15) is 0 Å². The summed E-state index contributed by atoms with van der Waals surface area (Å²) >= 11 is 0. The molecule has 1 aliphatic carbocycles. The number of hydrazine groups is 1. The molecule has 2 aromatic rings. The number of benzene rings is 2. The highest BCUT2D eigenvalue weighted by atomic mass is 15.2. The van der Waals surface area contributed by atoms with Crippen LogP contribution in [0, 0.1) is 13.8 Å². The Bertz CT molecular complexity index is 619. The Kier molecular flexibility index (Phi) is 3.60. The number of nitrogens with two attached hydrogens (primary N) is 1. The second-order valence-electron chi connectivity index (χ2n) is 5.85. The first-order chi connectivity index (χ1) is 9.70. The molecule has 2 nitrogen and oxygen atoms in total. The van der Waals surface area contributed by atoms with Crippen molar-refractivity contribution in [1.82, 2.24) is 5.43 Å². The Morgan fingerprint density at radius 1 is 1.15 bits per heavy atom. The minimum Gasteiger partial charge on any atom is -0.271 e. The van der Waals surface area contributed by atoms with Crippen molar-refractivity contribution < 1.29 is 0 Å². The van der Waals surface area contributed by atoms with Crippen molar-refractivity contribution >= 4 is 0 Å². The highest BCUT2D eigenvalue weighted by molar-refractivity contribution is 5.41. The van der Waals surface area contributed by atoms with E-state index in [0.29, 0.717) is 5.92 Å². The van der Waals surface area contributed by atoms with Gasteiger partial charge in [-0.1, -0.05) is 48.0 Å². The van der Waals surface area contributed by atoms with E-state index in [1.165, 1.54) is 34.2 Å². The van der Waals surface area contributed by atoms with Gasteiger partial charge in [0.05, 0.1) is 6.04 Å². The Balaban J connectivity index is 2.01. The summed E-state index contributed by atoms with van der Waals surface area (Å²) in [6, 6.07) is 15.6. The first kappa shape index (κ1) is 13.3. The molecule has 0 saturated heterocycles. The standard InChI is InChI=1S/C18H22N2/c1-12-7-8-13(2)17(11-12)18(20-19)16-10-9-14-5-3-4-6-15(14)16/h3-8,11,16,18,20H,9-10,19H2,1-2H3. The maximum absolute atomic E-state index is 5.91. The van der Waals surface area contributed by atoms with Crippen LogP contribution in [0.4, 0.5) is 0 Å². The van der Waals surface area contributed by atoms with Crippen LogP contribution in [0.25, 0.3) is 0 Å². The maximum Gasteiger partial charge on any atom is 0.0531 e. The van der Waals surface area contributed by atoms with Gasteiger partial charge >= 0.3 is 0 Å². The molecule has 2 unspecified atom stereocenters. The van der Waals surface area contributed by atoms with Crippen LogP contribution in [-0.2, 0) is 6.42 Å². The summed E-state index contributed by atoms with van der Waals surface area (Å²) in [5.74, 6) is 6.38. The van der Waals surface area contributed by atoms with Crippen molar-refractivity contribution in [1.29, 1.82) is 0 Å². The molecular weight excluding hydrogens is 244 g/mol. The van der Waals surface area contributed by atoms with E-state index < -0.39 is 0 Å². The van der Waals surface area contributed by atoms with E-state index in [4.69, 9.17) is 5.84 Å². The van der Waals surface area contributed by atoms with Gasteiger partial charge in [0.25, 0.3) is 0 Å². The van der Waals surface area contributed by atoms with Gasteiger partial charge in [-0.05, 0) is 48.9 Å². The summed E-state index contributed by atoms with van der Waals surface area (Å²) in [5, 5.41) is 0. The van der Waals surface area contributed by atoms with E-state index >= 15 is 0 Å². The van der Waals surface area contributed by atoms with Gasteiger partial charge in [-0.15, -0.1) is 0 Å².